The molecule has 0 aromatic heterocycles. The smallest absolute Gasteiger partial charge is 0.362 e. The van der Waals surface area contributed by atoms with Gasteiger partial charge in [0.2, 0.25) is 0 Å². The Labute approximate surface area is 380 Å². The Balaban J connectivity index is 4.35. The first-order valence-corrected chi connectivity index (χ1v) is 24.6. The normalized spacial score (nSPS) is 13.6. The van der Waals surface area contributed by atoms with Gasteiger partial charge in [0.15, 0.2) is 12.1 Å². The topological polar surface area (TPSA) is 99.1 Å². The van der Waals surface area contributed by atoms with Crippen LogP contribution in [0.5, 0.6) is 0 Å². The minimum absolute atomic E-state index is 0.0411. The van der Waals surface area contributed by atoms with Gasteiger partial charge in [-0.1, -0.05) is 170 Å². The van der Waals surface area contributed by atoms with Crippen LogP contribution in [0.3, 0.4) is 0 Å². The minimum atomic E-state index is -0.884. The minimum Gasteiger partial charge on any atom is -0.477 e. The molecule has 354 valence electrons. The maximum Gasteiger partial charge on any atom is 0.362 e. The molecule has 0 aliphatic carbocycles. The molecule has 2 unspecified atom stereocenters. The van der Waals surface area contributed by atoms with Crippen LogP contribution in [0.15, 0.2) is 85.1 Å². The predicted octanol–water partition coefficient (Wildman–Crippen LogP) is 14.1. The third-order valence-corrected chi connectivity index (χ3v) is 10.6. The van der Waals surface area contributed by atoms with E-state index in [9.17, 15) is 19.5 Å². The van der Waals surface area contributed by atoms with Crippen LogP contribution in [0.2, 0.25) is 0 Å². The highest BCUT2D eigenvalue weighted by molar-refractivity contribution is 5.72. The molecule has 0 amide bonds. The van der Waals surface area contributed by atoms with Crippen molar-refractivity contribution in [3.8, 4) is 0 Å². The number of carbonyl (C=O) groups excluding carboxylic acids is 2. The number of carboxylic acids is 1. The molecule has 0 aromatic carbocycles. The van der Waals surface area contributed by atoms with Crippen LogP contribution in [0.25, 0.3) is 0 Å². The van der Waals surface area contributed by atoms with Gasteiger partial charge in [0.1, 0.15) is 6.61 Å². The summed E-state index contributed by atoms with van der Waals surface area (Å²) in [6, 6.07) is -0.626. The SMILES string of the molecule is CC/C=C/C/C=C/C/C=C/C/C=C/C/C=C/CCCCCCCCC(=O)OCC(COCCC(C(=O)O)[N+](C)(C)C)OC(=O)CCCCC/C=C/C=C/CCCCCCCCC. The highest BCUT2D eigenvalue weighted by Gasteiger charge is 2.31. The van der Waals surface area contributed by atoms with E-state index in [0.29, 0.717) is 12.8 Å². The van der Waals surface area contributed by atoms with E-state index in [0.717, 1.165) is 96.3 Å². The van der Waals surface area contributed by atoms with E-state index in [2.05, 4.69) is 98.9 Å². The van der Waals surface area contributed by atoms with E-state index < -0.39 is 18.1 Å². The van der Waals surface area contributed by atoms with Crippen molar-refractivity contribution in [1.82, 2.24) is 0 Å². The van der Waals surface area contributed by atoms with Gasteiger partial charge in [0, 0.05) is 19.3 Å². The Morgan fingerprint density at radius 1 is 0.516 bits per heavy atom. The van der Waals surface area contributed by atoms with Crippen molar-refractivity contribution in [2.45, 2.75) is 199 Å². The Morgan fingerprint density at radius 2 is 0.952 bits per heavy atom. The van der Waals surface area contributed by atoms with Gasteiger partial charge in [-0.25, -0.2) is 4.79 Å². The van der Waals surface area contributed by atoms with Crippen LogP contribution < -0.4 is 0 Å². The molecule has 0 spiro atoms. The molecular weight excluding hydrogens is 775 g/mol. The Hall–Kier alpha value is -3.49. The molecule has 0 saturated carbocycles. The molecule has 0 fully saturated rings. The van der Waals surface area contributed by atoms with Crippen LogP contribution in [0.1, 0.15) is 187 Å². The molecule has 8 nitrogen and oxygen atoms in total. The van der Waals surface area contributed by atoms with Gasteiger partial charge in [-0.05, 0) is 83.5 Å². The third-order valence-electron chi connectivity index (χ3n) is 10.6. The number of quaternary nitrogens is 1. The fourth-order valence-electron chi connectivity index (χ4n) is 6.76. The summed E-state index contributed by atoms with van der Waals surface area (Å²) in [4.78, 5) is 37.1. The van der Waals surface area contributed by atoms with Crippen molar-refractivity contribution in [1.29, 1.82) is 0 Å². The van der Waals surface area contributed by atoms with Gasteiger partial charge in [0.25, 0.3) is 0 Å². The number of hydrogen-bond donors (Lipinski definition) is 1. The number of carboxylic acid groups (broad SMARTS) is 1. The average Bonchev–Trinajstić information content (AvgIpc) is 3.23. The number of allylic oxidation sites excluding steroid dienone is 14. The number of likely N-dealkylation sites (N-methyl/N-ethyl adjacent to an activating group) is 1. The molecule has 0 heterocycles. The van der Waals surface area contributed by atoms with E-state index in [1.54, 1.807) is 0 Å². The van der Waals surface area contributed by atoms with E-state index in [1.807, 2.05) is 21.1 Å². The van der Waals surface area contributed by atoms with Crippen LogP contribution in [-0.4, -0.2) is 80.6 Å². The van der Waals surface area contributed by atoms with Crippen LogP contribution >= 0.6 is 0 Å². The van der Waals surface area contributed by atoms with Crippen molar-refractivity contribution >= 4 is 17.9 Å². The summed E-state index contributed by atoms with van der Waals surface area (Å²) in [7, 11) is 5.51. The maximum absolute atomic E-state index is 12.8. The number of ether oxygens (including phenoxy) is 3. The highest BCUT2D eigenvalue weighted by Crippen LogP contribution is 2.13. The first-order valence-electron chi connectivity index (χ1n) is 24.6. The fraction of sp³-hybridized carbons (Fsp3) is 0.685. The molecule has 0 aromatic rings. The van der Waals surface area contributed by atoms with E-state index in [4.69, 9.17) is 14.2 Å². The lowest BCUT2D eigenvalue weighted by Crippen LogP contribution is -2.50. The Morgan fingerprint density at radius 3 is 1.45 bits per heavy atom. The molecule has 62 heavy (non-hydrogen) atoms. The standard InChI is InChI=1S/C54H91NO7/c1-6-8-10-12-14-16-18-20-22-24-25-26-27-28-29-31-32-34-36-38-40-42-44-52(56)61-49-50(48-60-47-46-51(54(58)59)55(3,4)5)62-53(57)45-43-41-39-37-35-33-30-23-21-19-17-15-13-11-9-7-2/h8,10,14,16,20,22-23,25-26,28-30,33,35,50-51H,6-7,9,11-13,15,17-19,21,24,27,31-32,34,36-49H2,1-5H3/p+1/b10-8+,16-14+,22-20+,26-25+,29-28+,30-23+,35-33+. The van der Waals surface area contributed by atoms with Crippen LogP contribution in [-0.2, 0) is 28.6 Å². The molecule has 0 radical (unpaired) electrons. The Kier molecular flexibility index (Phi) is 41.6. The monoisotopic (exact) mass is 867 g/mol. The average molecular weight is 867 g/mol. The lowest BCUT2D eigenvalue weighted by atomic mass is 10.1. The predicted molar refractivity (Wildman–Crippen MR) is 261 cm³/mol. The second-order valence-electron chi connectivity index (χ2n) is 17.4. The number of hydrogen-bond acceptors (Lipinski definition) is 6. The van der Waals surface area contributed by atoms with Gasteiger partial charge in [-0.15, -0.1) is 0 Å². The molecule has 0 aliphatic heterocycles. The van der Waals surface area contributed by atoms with Crippen molar-refractivity contribution < 1.29 is 38.2 Å². The molecule has 0 aliphatic rings. The number of esters is 2. The third kappa shape index (κ3) is 41.8. The largest absolute Gasteiger partial charge is 0.477 e. The number of rotatable bonds is 43. The van der Waals surface area contributed by atoms with Gasteiger partial charge >= 0.3 is 17.9 Å². The van der Waals surface area contributed by atoms with Crippen molar-refractivity contribution in [3.05, 3.63) is 85.1 Å². The summed E-state index contributed by atoms with van der Waals surface area (Å²) in [5.41, 5.74) is 0. The molecule has 0 bridgehead atoms. The molecule has 0 saturated heterocycles. The number of aliphatic carboxylic acids is 1. The summed E-state index contributed by atoms with van der Waals surface area (Å²) >= 11 is 0. The zero-order valence-electron chi connectivity index (χ0n) is 40.3. The van der Waals surface area contributed by atoms with Gasteiger partial charge in [-0.3, -0.25) is 9.59 Å². The lowest BCUT2D eigenvalue weighted by molar-refractivity contribution is -0.887. The zero-order chi connectivity index (χ0) is 45.6. The van der Waals surface area contributed by atoms with Crippen molar-refractivity contribution in [2.24, 2.45) is 0 Å². The number of unbranched alkanes of at least 4 members (excludes halogenated alkanes) is 16. The summed E-state index contributed by atoms with van der Waals surface area (Å²) < 4.78 is 17.3. The second-order valence-corrected chi connectivity index (χ2v) is 17.4. The first kappa shape index (κ1) is 58.5. The molecule has 8 heteroatoms. The second kappa shape index (κ2) is 44.1. The maximum atomic E-state index is 12.8. The summed E-state index contributed by atoms with van der Waals surface area (Å²) in [6.45, 7) is 4.57. The zero-order valence-corrected chi connectivity index (χ0v) is 40.3. The van der Waals surface area contributed by atoms with Gasteiger partial charge in [0.05, 0.1) is 34.4 Å². The number of carbonyl (C=O) groups is 3. The lowest BCUT2D eigenvalue weighted by Gasteiger charge is -2.31. The quantitative estimate of drug-likeness (QED) is 0.0214. The van der Waals surface area contributed by atoms with E-state index in [1.165, 1.54) is 57.8 Å². The first-order chi connectivity index (χ1) is 30.1. The van der Waals surface area contributed by atoms with Crippen molar-refractivity contribution in [3.63, 3.8) is 0 Å². The molecule has 0 rings (SSSR count). The summed E-state index contributed by atoms with van der Waals surface area (Å²) in [6.07, 6.45) is 57.7. The summed E-state index contributed by atoms with van der Waals surface area (Å²) in [5.74, 6) is -1.53. The highest BCUT2D eigenvalue weighted by atomic mass is 16.6. The molecule has 2 atom stereocenters. The summed E-state index contributed by atoms with van der Waals surface area (Å²) in [5, 5.41) is 9.64. The Bertz CT molecular complexity index is 1290. The van der Waals surface area contributed by atoms with Gasteiger partial charge in [-0.2, -0.15) is 0 Å². The number of nitrogens with zero attached hydrogens (tertiary/aromatic N) is 1. The van der Waals surface area contributed by atoms with Crippen LogP contribution in [0.4, 0.5) is 0 Å². The molecule has 1 N–H and O–H groups in total. The van der Waals surface area contributed by atoms with E-state index >= 15 is 0 Å². The van der Waals surface area contributed by atoms with Crippen molar-refractivity contribution in [2.75, 3.05) is 41.0 Å². The molecular formula is C54H92NO7+. The van der Waals surface area contributed by atoms with E-state index in [-0.39, 0.29) is 42.7 Å². The van der Waals surface area contributed by atoms with Gasteiger partial charge < -0.3 is 23.8 Å². The fourth-order valence-corrected chi connectivity index (χ4v) is 6.76. The van der Waals surface area contributed by atoms with Crippen LogP contribution in [0, 0.1) is 0 Å².